The van der Waals surface area contributed by atoms with Gasteiger partial charge in [0.25, 0.3) is 0 Å². The highest BCUT2D eigenvalue weighted by Crippen LogP contribution is 2.25. The van der Waals surface area contributed by atoms with Crippen molar-refractivity contribution < 1.29 is 14.3 Å². The van der Waals surface area contributed by atoms with Crippen molar-refractivity contribution in [1.82, 2.24) is 0 Å². The van der Waals surface area contributed by atoms with Gasteiger partial charge in [-0.15, -0.1) is 0 Å². The smallest absolute Gasteiger partial charge is 0.153 e. The Balaban J connectivity index is 1.81. The van der Waals surface area contributed by atoms with Crippen LogP contribution in [0.4, 0.5) is 0 Å². The van der Waals surface area contributed by atoms with E-state index in [4.69, 9.17) is 9.47 Å². The molecule has 0 aromatic heterocycles. The lowest BCUT2D eigenvalue weighted by atomic mass is 10.0. The Bertz CT molecular complexity index is 707. The quantitative estimate of drug-likeness (QED) is 0.791. The summed E-state index contributed by atoms with van der Waals surface area (Å²) in [5.74, 6) is 1.19. The molecule has 0 N–H and O–H groups in total. The maximum Gasteiger partial charge on any atom is 0.153 e. The van der Waals surface area contributed by atoms with E-state index in [0.717, 1.165) is 24.0 Å². The van der Waals surface area contributed by atoms with Crippen molar-refractivity contribution in [2.45, 2.75) is 13.2 Å². The van der Waals surface area contributed by atoms with Crippen molar-refractivity contribution in [2.24, 2.45) is 4.99 Å². The molecule has 0 saturated carbocycles. The molecular formula is C17H15NO3. The first-order valence-corrected chi connectivity index (χ1v) is 6.68. The number of nitrogens with zero attached hydrogens (tertiary/aromatic N) is 1. The third-order valence-corrected chi connectivity index (χ3v) is 3.50. The number of fused-ring (bicyclic) bond motifs is 1. The van der Waals surface area contributed by atoms with Crippen LogP contribution in [0.3, 0.4) is 0 Å². The van der Waals surface area contributed by atoms with Crippen molar-refractivity contribution in [3.05, 3.63) is 58.7 Å². The number of ether oxygens (including phenoxy) is 2. The lowest BCUT2D eigenvalue weighted by molar-refractivity contribution is 0.111. The van der Waals surface area contributed by atoms with Gasteiger partial charge in [-0.2, -0.15) is 0 Å². The van der Waals surface area contributed by atoms with Crippen LogP contribution in [0.1, 0.15) is 27.0 Å². The molecule has 0 radical (unpaired) electrons. The highest BCUT2D eigenvalue weighted by Gasteiger charge is 2.12. The summed E-state index contributed by atoms with van der Waals surface area (Å²) in [6.45, 7) is 1.13. The predicted molar refractivity (Wildman–Crippen MR) is 80.5 cm³/mol. The normalized spacial score (nSPS) is 12.0. The van der Waals surface area contributed by atoms with Gasteiger partial charge in [0.1, 0.15) is 18.1 Å². The molecule has 106 valence electrons. The Hall–Kier alpha value is -2.62. The monoisotopic (exact) mass is 281 g/mol. The van der Waals surface area contributed by atoms with Crippen molar-refractivity contribution >= 4 is 12.5 Å². The van der Waals surface area contributed by atoms with Crippen LogP contribution < -0.4 is 9.47 Å². The van der Waals surface area contributed by atoms with Crippen LogP contribution >= 0.6 is 0 Å². The van der Waals surface area contributed by atoms with Crippen molar-refractivity contribution in [3.63, 3.8) is 0 Å². The zero-order valence-corrected chi connectivity index (χ0v) is 11.7. The van der Waals surface area contributed by atoms with E-state index in [2.05, 4.69) is 11.1 Å². The Labute approximate surface area is 123 Å². The molecule has 0 unspecified atom stereocenters. The molecule has 4 heteroatoms. The highest BCUT2D eigenvalue weighted by atomic mass is 16.5. The molecule has 1 aliphatic heterocycles. The molecule has 0 bridgehead atoms. The van der Waals surface area contributed by atoms with Gasteiger partial charge in [-0.3, -0.25) is 9.79 Å². The van der Waals surface area contributed by atoms with Crippen LogP contribution in [0.5, 0.6) is 11.5 Å². The van der Waals surface area contributed by atoms with Gasteiger partial charge in [-0.05, 0) is 29.3 Å². The van der Waals surface area contributed by atoms with Crippen LogP contribution in [-0.4, -0.2) is 19.6 Å². The van der Waals surface area contributed by atoms with Gasteiger partial charge in [0.15, 0.2) is 6.29 Å². The average Bonchev–Trinajstić information content (AvgIpc) is 3.01. The van der Waals surface area contributed by atoms with E-state index in [0.29, 0.717) is 23.7 Å². The summed E-state index contributed by atoms with van der Waals surface area (Å²) in [5.41, 5.74) is 3.89. The molecule has 0 amide bonds. The second-order valence-electron chi connectivity index (χ2n) is 4.77. The molecule has 0 aliphatic carbocycles. The molecule has 4 nitrogen and oxygen atoms in total. The fourth-order valence-electron chi connectivity index (χ4n) is 2.36. The summed E-state index contributed by atoms with van der Waals surface area (Å²) < 4.78 is 10.9. The predicted octanol–water partition coefficient (Wildman–Crippen LogP) is 3.02. The number of rotatable bonds is 5. The van der Waals surface area contributed by atoms with E-state index in [-0.39, 0.29) is 0 Å². The maximum atomic E-state index is 11.1. The maximum absolute atomic E-state index is 11.1. The van der Waals surface area contributed by atoms with Crippen molar-refractivity contribution in [1.29, 1.82) is 0 Å². The summed E-state index contributed by atoms with van der Waals surface area (Å²) in [4.78, 5) is 15.4. The fraction of sp³-hybridized carbons (Fsp3) is 0.176. The lowest BCUT2D eigenvalue weighted by Crippen LogP contribution is -2.02. The van der Waals surface area contributed by atoms with Crippen molar-refractivity contribution in [2.75, 3.05) is 7.11 Å². The van der Waals surface area contributed by atoms with Gasteiger partial charge < -0.3 is 9.47 Å². The second-order valence-corrected chi connectivity index (χ2v) is 4.77. The van der Waals surface area contributed by atoms with Crippen molar-refractivity contribution in [3.8, 4) is 11.5 Å². The number of hydrogen-bond acceptors (Lipinski definition) is 4. The first-order valence-electron chi connectivity index (χ1n) is 6.68. The Kier molecular flexibility index (Phi) is 3.69. The summed E-state index contributed by atoms with van der Waals surface area (Å²) in [7, 11) is 1.57. The fourth-order valence-corrected chi connectivity index (χ4v) is 2.36. The summed E-state index contributed by atoms with van der Waals surface area (Å²) >= 11 is 0. The molecule has 2 aromatic carbocycles. The first-order chi connectivity index (χ1) is 10.3. The molecule has 1 aliphatic rings. The van der Waals surface area contributed by atoms with Crippen LogP contribution in [0, 0.1) is 0 Å². The zero-order chi connectivity index (χ0) is 14.7. The molecule has 2 aromatic rings. The van der Waals surface area contributed by atoms with Gasteiger partial charge in [-0.25, -0.2) is 0 Å². The summed E-state index contributed by atoms with van der Waals surface area (Å²) in [6, 6.07) is 11.3. The Morgan fingerprint density at radius 1 is 1.29 bits per heavy atom. The minimum Gasteiger partial charge on any atom is -0.497 e. The van der Waals surface area contributed by atoms with E-state index >= 15 is 0 Å². The Morgan fingerprint density at radius 3 is 3.00 bits per heavy atom. The van der Waals surface area contributed by atoms with Crippen LogP contribution in [0.25, 0.3) is 0 Å². The molecule has 0 spiro atoms. The van der Waals surface area contributed by atoms with Gasteiger partial charge in [0, 0.05) is 11.8 Å². The highest BCUT2D eigenvalue weighted by molar-refractivity contribution is 5.86. The van der Waals surface area contributed by atoms with E-state index in [1.54, 1.807) is 25.3 Å². The summed E-state index contributed by atoms with van der Waals surface area (Å²) in [6.07, 6.45) is 2.65. The number of carbonyl (C=O) groups is 1. The lowest BCUT2D eigenvalue weighted by Gasteiger charge is -2.11. The number of benzene rings is 2. The number of hydrogen-bond donors (Lipinski definition) is 0. The molecule has 0 atom stereocenters. The molecule has 21 heavy (non-hydrogen) atoms. The third-order valence-electron chi connectivity index (χ3n) is 3.50. The average molecular weight is 281 g/mol. The topological polar surface area (TPSA) is 47.9 Å². The number of aliphatic imine (C=N–C) groups is 1. The molecule has 0 fully saturated rings. The van der Waals surface area contributed by atoms with Gasteiger partial charge in [0.05, 0.1) is 19.2 Å². The number of aldehydes is 1. The zero-order valence-electron chi connectivity index (χ0n) is 11.7. The number of carbonyl (C=O) groups excluding carboxylic acids is 1. The Morgan fingerprint density at radius 2 is 2.19 bits per heavy atom. The van der Waals surface area contributed by atoms with E-state index in [9.17, 15) is 4.79 Å². The van der Waals surface area contributed by atoms with Crippen LogP contribution in [-0.2, 0) is 13.2 Å². The molecule has 1 heterocycles. The summed E-state index contributed by atoms with van der Waals surface area (Å²) in [5, 5.41) is 0. The van der Waals surface area contributed by atoms with Crippen LogP contribution in [0.15, 0.2) is 41.4 Å². The van der Waals surface area contributed by atoms with Gasteiger partial charge in [0.2, 0.25) is 0 Å². The standard InChI is InChI=1S/C17H15NO3/c1-20-15-5-6-17(14(7-15)10-19)21-11-13-4-2-3-12-8-18-9-16(12)13/h2-7,9-10H,8,11H2,1H3. The van der Waals surface area contributed by atoms with E-state index in [1.165, 1.54) is 5.56 Å². The van der Waals surface area contributed by atoms with E-state index < -0.39 is 0 Å². The molecular weight excluding hydrogens is 266 g/mol. The SMILES string of the molecule is COc1ccc(OCc2cccc3c2C=NC3)c(C=O)c1. The molecule has 0 saturated heterocycles. The van der Waals surface area contributed by atoms with E-state index in [1.807, 2.05) is 18.3 Å². The van der Waals surface area contributed by atoms with Gasteiger partial charge >= 0.3 is 0 Å². The number of methoxy groups -OCH3 is 1. The second kappa shape index (κ2) is 5.79. The molecule has 3 rings (SSSR count). The largest absolute Gasteiger partial charge is 0.497 e. The third kappa shape index (κ3) is 2.65. The minimum absolute atomic E-state index is 0.405. The van der Waals surface area contributed by atoms with Gasteiger partial charge in [-0.1, -0.05) is 18.2 Å². The van der Waals surface area contributed by atoms with Crippen LogP contribution in [0.2, 0.25) is 0 Å². The minimum atomic E-state index is 0.405. The first kappa shape index (κ1) is 13.4.